The molecular weight excluding hydrogens is 188 g/mol. The lowest BCUT2D eigenvalue weighted by Crippen LogP contribution is -2.35. The Morgan fingerprint density at radius 2 is 2.33 bits per heavy atom. The second kappa shape index (κ2) is 7.37. The van der Waals surface area contributed by atoms with Gasteiger partial charge in [-0.05, 0) is 25.1 Å². The van der Waals surface area contributed by atoms with Gasteiger partial charge in [-0.2, -0.15) is 0 Å². The normalized spacial score (nSPS) is 12.7. The molecule has 0 aromatic carbocycles. The minimum Gasteiger partial charge on any atom is -0.383 e. The van der Waals surface area contributed by atoms with Gasteiger partial charge in [0.2, 0.25) is 0 Å². The molecule has 84 valence electrons. The Labute approximate surface area is 91.9 Å². The molecule has 0 amide bonds. The van der Waals surface area contributed by atoms with Crippen LogP contribution in [0, 0.1) is 0 Å². The van der Waals surface area contributed by atoms with Crippen LogP contribution in [0.3, 0.4) is 0 Å². The Hall–Kier alpha value is -0.930. The van der Waals surface area contributed by atoms with Crippen LogP contribution in [-0.2, 0) is 11.2 Å². The molecule has 1 atom stereocenters. The van der Waals surface area contributed by atoms with Gasteiger partial charge >= 0.3 is 0 Å². The van der Waals surface area contributed by atoms with E-state index in [1.165, 1.54) is 0 Å². The summed E-state index contributed by atoms with van der Waals surface area (Å²) in [5, 5.41) is 3.45. The van der Waals surface area contributed by atoms with Crippen molar-refractivity contribution in [2.24, 2.45) is 0 Å². The van der Waals surface area contributed by atoms with Crippen molar-refractivity contribution >= 4 is 0 Å². The zero-order chi connectivity index (χ0) is 10.9. The number of pyridine rings is 1. The van der Waals surface area contributed by atoms with Gasteiger partial charge < -0.3 is 10.1 Å². The summed E-state index contributed by atoms with van der Waals surface area (Å²) < 4.78 is 5.18. The van der Waals surface area contributed by atoms with E-state index in [4.69, 9.17) is 4.74 Å². The van der Waals surface area contributed by atoms with E-state index in [1.807, 2.05) is 18.3 Å². The van der Waals surface area contributed by atoms with Crippen LogP contribution >= 0.6 is 0 Å². The number of hydrogen-bond donors (Lipinski definition) is 1. The summed E-state index contributed by atoms with van der Waals surface area (Å²) in [5.41, 5.74) is 1.11. The first-order valence-corrected chi connectivity index (χ1v) is 5.49. The van der Waals surface area contributed by atoms with Gasteiger partial charge in [-0.25, -0.2) is 0 Å². The van der Waals surface area contributed by atoms with Crippen molar-refractivity contribution in [3.8, 4) is 0 Å². The van der Waals surface area contributed by atoms with Crippen molar-refractivity contribution < 1.29 is 4.74 Å². The molecule has 0 saturated heterocycles. The molecular formula is C12H20N2O. The largest absolute Gasteiger partial charge is 0.383 e. The Balaban J connectivity index is 2.43. The summed E-state index contributed by atoms with van der Waals surface area (Å²) in [5.74, 6) is 0. The highest BCUT2D eigenvalue weighted by atomic mass is 16.5. The molecule has 3 heteroatoms. The predicted octanol–water partition coefficient (Wildman–Crippen LogP) is 1.64. The quantitative estimate of drug-likeness (QED) is 0.739. The van der Waals surface area contributed by atoms with Crippen molar-refractivity contribution in [2.75, 3.05) is 20.3 Å². The zero-order valence-corrected chi connectivity index (χ0v) is 9.57. The van der Waals surface area contributed by atoms with Crippen LogP contribution in [0.15, 0.2) is 24.4 Å². The second-order valence-corrected chi connectivity index (χ2v) is 3.63. The third-order valence-corrected chi connectivity index (χ3v) is 2.23. The second-order valence-electron chi connectivity index (χ2n) is 3.63. The molecule has 1 N–H and O–H groups in total. The van der Waals surface area contributed by atoms with Crippen LogP contribution in [0.5, 0.6) is 0 Å². The molecule has 0 radical (unpaired) electrons. The van der Waals surface area contributed by atoms with Crippen LogP contribution in [0.1, 0.15) is 19.0 Å². The average Bonchev–Trinajstić information content (AvgIpc) is 2.28. The van der Waals surface area contributed by atoms with E-state index in [-0.39, 0.29) is 0 Å². The number of aromatic nitrogens is 1. The number of rotatable bonds is 7. The monoisotopic (exact) mass is 208 g/mol. The molecule has 3 nitrogen and oxygen atoms in total. The van der Waals surface area contributed by atoms with Gasteiger partial charge in [0.1, 0.15) is 0 Å². The van der Waals surface area contributed by atoms with Crippen molar-refractivity contribution in [1.29, 1.82) is 0 Å². The number of nitrogens with zero attached hydrogens (tertiary/aromatic N) is 1. The molecule has 0 saturated carbocycles. The van der Waals surface area contributed by atoms with Crippen LogP contribution in [0.2, 0.25) is 0 Å². The molecule has 1 rings (SSSR count). The van der Waals surface area contributed by atoms with Crippen molar-refractivity contribution in [3.05, 3.63) is 30.1 Å². The lowest BCUT2D eigenvalue weighted by atomic mass is 10.1. The fraction of sp³-hybridized carbons (Fsp3) is 0.583. The SMILES string of the molecule is CCCNC(COC)Cc1ccccn1. The highest BCUT2D eigenvalue weighted by molar-refractivity contribution is 5.05. The maximum Gasteiger partial charge on any atom is 0.0619 e. The van der Waals surface area contributed by atoms with E-state index in [1.54, 1.807) is 7.11 Å². The molecule has 1 heterocycles. The first-order valence-electron chi connectivity index (χ1n) is 5.49. The smallest absolute Gasteiger partial charge is 0.0619 e. The van der Waals surface area contributed by atoms with E-state index in [0.29, 0.717) is 6.04 Å². The first kappa shape index (κ1) is 12.1. The van der Waals surface area contributed by atoms with Gasteiger partial charge in [0.15, 0.2) is 0 Å². The molecule has 1 unspecified atom stereocenters. The summed E-state index contributed by atoms with van der Waals surface area (Å²) in [6.45, 7) is 3.93. The van der Waals surface area contributed by atoms with E-state index >= 15 is 0 Å². The van der Waals surface area contributed by atoms with E-state index in [2.05, 4.69) is 23.3 Å². The van der Waals surface area contributed by atoms with Gasteiger partial charge in [-0.3, -0.25) is 4.98 Å². The Morgan fingerprint density at radius 1 is 1.47 bits per heavy atom. The minimum absolute atomic E-state index is 0.366. The zero-order valence-electron chi connectivity index (χ0n) is 9.57. The Kier molecular flexibility index (Phi) is 5.97. The molecule has 1 aromatic heterocycles. The van der Waals surface area contributed by atoms with Gasteiger partial charge in [0.25, 0.3) is 0 Å². The van der Waals surface area contributed by atoms with Crippen LogP contribution in [0.25, 0.3) is 0 Å². The number of ether oxygens (including phenoxy) is 1. The van der Waals surface area contributed by atoms with Crippen LogP contribution < -0.4 is 5.32 Å². The predicted molar refractivity (Wildman–Crippen MR) is 61.9 cm³/mol. The molecule has 0 fully saturated rings. The highest BCUT2D eigenvalue weighted by Gasteiger charge is 2.08. The molecule has 15 heavy (non-hydrogen) atoms. The summed E-state index contributed by atoms with van der Waals surface area (Å²) >= 11 is 0. The fourth-order valence-electron chi connectivity index (χ4n) is 1.51. The lowest BCUT2D eigenvalue weighted by Gasteiger charge is -2.16. The summed E-state index contributed by atoms with van der Waals surface area (Å²) in [6.07, 6.45) is 3.90. The van der Waals surface area contributed by atoms with E-state index in [9.17, 15) is 0 Å². The van der Waals surface area contributed by atoms with Gasteiger partial charge in [0.05, 0.1) is 6.61 Å². The fourth-order valence-corrected chi connectivity index (χ4v) is 1.51. The van der Waals surface area contributed by atoms with Gasteiger partial charge in [-0.15, -0.1) is 0 Å². The highest BCUT2D eigenvalue weighted by Crippen LogP contribution is 2.00. The summed E-state index contributed by atoms with van der Waals surface area (Å²) in [7, 11) is 1.74. The van der Waals surface area contributed by atoms with Crippen molar-refractivity contribution in [3.63, 3.8) is 0 Å². The minimum atomic E-state index is 0.366. The lowest BCUT2D eigenvalue weighted by molar-refractivity contribution is 0.165. The molecule has 0 bridgehead atoms. The van der Waals surface area contributed by atoms with Crippen LogP contribution in [0.4, 0.5) is 0 Å². The van der Waals surface area contributed by atoms with Crippen molar-refractivity contribution in [1.82, 2.24) is 10.3 Å². The maximum atomic E-state index is 5.18. The third kappa shape index (κ3) is 4.91. The first-order chi connectivity index (χ1) is 7.36. The topological polar surface area (TPSA) is 34.1 Å². The Morgan fingerprint density at radius 3 is 2.93 bits per heavy atom. The summed E-state index contributed by atoms with van der Waals surface area (Å²) in [6, 6.07) is 6.38. The molecule has 0 aliphatic carbocycles. The van der Waals surface area contributed by atoms with Gasteiger partial charge in [0, 0.05) is 31.5 Å². The molecule has 1 aromatic rings. The van der Waals surface area contributed by atoms with E-state index < -0.39 is 0 Å². The third-order valence-electron chi connectivity index (χ3n) is 2.23. The standard InChI is InChI=1S/C12H20N2O/c1-3-7-13-12(10-15-2)9-11-6-4-5-8-14-11/h4-6,8,12-13H,3,7,9-10H2,1-2H3. The van der Waals surface area contributed by atoms with E-state index in [0.717, 1.165) is 31.7 Å². The maximum absolute atomic E-state index is 5.18. The molecule has 0 aliphatic rings. The Bertz CT molecular complexity index is 251. The van der Waals surface area contributed by atoms with Crippen LogP contribution in [-0.4, -0.2) is 31.3 Å². The number of hydrogen-bond acceptors (Lipinski definition) is 3. The van der Waals surface area contributed by atoms with Gasteiger partial charge in [-0.1, -0.05) is 13.0 Å². The average molecular weight is 208 g/mol. The van der Waals surface area contributed by atoms with Crippen molar-refractivity contribution in [2.45, 2.75) is 25.8 Å². The molecule has 0 spiro atoms. The number of methoxy groups -OCH3 is 1. The molecule has 0 aliphatic heterocycles. The summed E-state index contributed by atoms with van der Waals surface area (Å²) in [4.78, 5) is 4.31. The number of nitrogens with one attached hydrogen (secondary N) is 1.